The summed E-state index contributed by atoms with van der Waals surface area (Å²) in [6.07, 6.45) is -1.79. The highest BCUT2D eigenvalue weighted by Gasteiger charge is 2.33. The summed E-state index contributed by atoms with van der Waals surface area (Å²) in [5, 5.41) is 22.3. The zero-order valence-corrected chi connectivity index (χ0v) is 17.0. The molecule has 3 N–H and O–H groups in total. The molecule has 2 rings (SSSR count). The SMILES string of the molecule is COc1ccccc1Cc1coc(CNC(=O)[C@H](O)[C@@H](O)C(=O)N(C)C(C)C)n1. The third-order valence-corrected chi connectivity index (χ3v) is 4.52. The van der Waals surface area contributed by atoms with Crippen molar-refractivity contribution >= 4 is 11.8 Å². The average Bonchev–Trinajstić information content (AvgIpc) is 3.17. The molecule has 0 bridgehead atoms. The fourth-order valence-corrected chi connectivity index (χ4v) is 2.56. The number of ether oxygens (including phenoxy) is 1. The van der Waals surface area contributed by atoms with Crippen LogP contribution in [-0.2, 0) is 22.6 Å². The Morgan fingerprint density at radius 1 is 1.24 bits per heavy atom. The van der Waals surface area contributed by atoms with Crippen LogP contribution in [-0.4, -0.2) is 64.3 Å². The van der Waals surface area contributed by atoms with Crippen LogP contribution in [0.4, 0.5) is 0 Å². The van der Waals surface area contributed by atoms with Gasteiger partial charge >= 0.3 is 0 Å². The summed E-state index contributed by atoms with van der Waals surface area (Å²) in [6, 6.07) is 7.35. The first-order valence-electron chi connectivity index (χ1n) is 9.20. The van der Waals surface area contributed by atoms with Gasteiger partial charge in [0.05, 0.1) is 19.3 Å². The number of carbonyl (C=O) groups excluding carboxylic acids is 2. The number of benzene rings is 1. The smallest absolute Gasteiger partial charge is 0.254 e. The standard InChI is InChI=1S/C20H27N3O6/c1-12(2)23(3)20(27)18(25)17(24)19(26)21-10-16-22-14(11-29-16)9-13-7-5-6-8-15(13)28-4/h5-8,11-12,17-18,24-25H,9-10H2,1-4H3,(H,21,26)/t17-,18-/m1/s1. The van der Waals surface area contributed by atoms with Crippen LogP contribution in [0.3, 0.4) is 0 Å². The molecule has 29 heavy (non-hydrogen) atoms. The minimum atomic E-state index is -1.90. The van der Waals surface area contributed by atoms with Crippen LogP contribution in [0.25, 0.3) is 0 Å². The van der Waals surface area contributed by atoms with Gasteiger partial charge in [0.2, 0.25) is 5.89 Å². The van der Waals surface area contributed by atoms with Crippen molar-refractivity contribution in [3.8, 4) is 5.75 Å². The van der Waals surface area contributed by atoms with Crippen molar-refractivity contribution < 1.29 is 29.0 Å². The van der Waals surface area contributed by atoms with Crippen molar-refractivity contribution in [3.63, 3.8) is 0 Å². The van der Waals surface area contributed by atoms with Gasteiger partial charge in [-0.3, -0.25) is 9.59 Å². The number of oxazole rings is 1. The highest BCUT2D eigenvalue weighted by molar-refractivity contribution is 5.90. The van der Waals surface area contributed by atoms with Crippen LogP contribution >= 0.6 is 0 Å². The lowest BCUT2D eigenvalue weighted by atomic mass is 10.1. The molecular weight excluding hydrogens is 378 g/mol. The molecule has 1 heterocycles. The molecule has 0 aliphatic carbocycles. The topological polar surface area (TPSA) is 125 Å². The number of carbonyl (C=O) groups is 2. The van der Waals surface area contributed by atoms with Crippen molar-refractivity contribution in [1.29, 1.82) is 0 Å². The summed E-state index contributed by atoms with van der Waals surface area (Å²) < 4.78 is 10.6. The van der Waals surface area contributed by atoms with Gasteiger partial charge in [-0.2, -0.15) is 0 Å². The maximum atomic E-state index is 12.1. The van der Waals surface area contributed by atoms with E-state index in [2.05, 4.69) is 10.3 Å². The predicted molar refractivity (Wildman–Crippen MR) is 104 cm³/mol. The van der Waals surface area contributed by atoms with Gasteiger partial charge in [-0.25, -0.2) is 4.98 Å². The van der Waals surface area contributed by atoms with Gasteiger partial charge in [0.15, 0.2) is 12.2 Å². The molecule has 0 spiro atoms. The number of amides is 2. The molecule has 0 aliphatic heterocycles. The molecule has 0 fully saturated rings. The molecule has 158 valence electrons. The lowest BCUT2D eigenvalue weighted by Crippen LogP contribution is -2.51. The average molecular weight is 405 g/mol. The van der Waals surface area contributed by atoms with Gasteiger partial charge in [-0.1, -0.05) is 18.2 Å². The largest absolute Gasteiger partial charge is 0.496 e. The number of rotatable bonds is 9. The third-order valence-electron chi connectivity index (χ3n) is 4.52. The summed E-state index contributed by atoms with van der Waals surface area (Å²) in [5.41, 5.74) is 1.58. The van der Waals surface area contributed by atoms with Gasteiger partial charge < -0.3 is 29.6 Å². The van der Waals surface area contributed by atoms with E-state index in [-0.39, 0.29) is 18.5 Å². The van der Waals surface area contributed by atoms with Crippen molar-refractivity contribution in [2.45, 2.75) is 45.1 Å². The monoisotopic (exact) mass is 405 g/mol. The molecule has 0 radical (unpaired) electrons. The number of methoxy groups -OCH3 is 1. The molecule has 2 amide bonds. The molecule has 2 atom stereocenters. The maximum Gasteiger partial charge on any atom is 0.254 e. The van der Waals surface area contributed by atoms with E-state index in [1.54, 1.807) is 21.0 Å². The summed E-state index contributed by atoms with van der Waals surface area (Å²) in [7, 11) is 3.07. The van der Waals surface area contributed by atoms with E-state index in [1.807, 2.05) is 24.3 Å². The zero-order chi connectivity index (χ0) is 21.6. The minimum Gasteiger partial charge on any atom is -0.496 e. The van der Waals surface area contributed by atoms with Crippen LogP contribution in [0.1, 0.15) is 31.0 Å². The van der Waals surface area contributed by atoms with Crippen LogP contribution in [0.15, 0.2) is 34.9 Å². The number of nitrogens with zero attached hydrogens (tertiary/aromatic N) is 2. The Morgan fingerprint density at radius 3 is 2.59 bits per heavy atom. The van der Waals surface area contributed by atoms with Gasteiger partial charge in [0.1, 0.15) is 12.0 Å². The van der Waals surface area contributed by atoms with Gasteiger partial charge in [-0.05, 0) is 19.9 Å². The molecule has 0 aliphatic rings. The Kier molecular flexibility index (Phi) is 7.74. The Morgan fingerprint density at radius 2 is 1.93 bits per heavy atom. The van der Waals surface area contributed by atoms with E-state index < -0.39 is 24.0 Å². The Labute approximate surface area is 169 Å². The molecule has 9 nitrogen and oxygen atoms in total. The summed E-state index contributed by atoms with van der Waals surface area (Å²) in [5.74, 6) is -0.667. The number of likely N-dealkylation sites (N-methyl/N-ethyl adjacent to an activating group) is 1. The zero-order valence-electron chi connectivity index (χ0n) is 17.0. The number of aliphatic hydroxyl groups excluding tert-OH is 2. The lowest BCUT2D eigenvalue weighted by molar-refractivity contribution is -0.153. The number of aromatic nitrogens is 1. The van der Waals surface area contributed by atoms with E-state index in [1.165, 1.54) is 18.2 Å². The van der Waals surface area contributed by atoms with Crippen LogP contribution < -0.4 is 10.1 Å². The first kappa shape index (κ1) is 22.4. The second kappa shape index (κ2) is 10.0. The molecule has 2 aromatic rings. The Bertz CT molecular complexity index is 835. The number of hydrogen-bond acceptors (Lipinski definition) is 7. The molecule has 0 unspecified atom stereocenters. The van der Waals surface area contributed by atoms with Crippen LogP contribution in [0.2, 0.25) is 0 Å². The number of nitrogens with one attached hydrogen (secondary N) is 1. The maximum absolute atomic E-state index is 12.1. The van der Waals surface area contributed by atoms with Gasteiger partial charge in [-0.15, -0.1) is 0 Å². The summed E-state index contributed by atoms with van der Waals surface area (Å²) in [4.78, 5) is 29.6. The molecule has 9 heteroatoms. The summed E-state index contributed by atoms with van der Waals surface area (Å²) in [6.45, 7) is 3.41. The fraction of sp³-hybridized carbons (Fsp3) is 0.450. The van der Waals surface area contributed by atoms with E-state index in [9.17, 15) is 19.8 Å². The van der Waals surface area contributed by atoms with E-state index in [0.717, 1.165) is 11.3 Å². The van der Waals surface area contributed by atoms with Gasteiger partial charge in [0, 0.05) is 25.1 Å². The second-order valence-corrected chi connectivity index (χ2v) is 6.87. The van der Waals surface area contributed by atoms with E-state index >= 15 is 0 Å². The lowest BCUT2D eigenvalue weighted by Gasteiger charge is -2.26. The van der Waals surface area contributed by atoms with E-state index in [4.69, 9.17) is 9.15 Å². The molecule has 1 aromatic heterocycles. The van der Waals surface area contributed by atoms with E-state index in [0.29, 0.717) is 12.1 Å². The number of aliphatic hydroxyl groups is 2. The van der Waals surface area contributed by atoms with Crippen LogP contribution in [0, 0.1) is 0 Å². The Hall–Kier alpha value is -2.91. The highest BCUT2D eigenvalue weighted by Crippen LogP contribution is 2.20. The van der Waals surface area contributed by atoms with Crippen LogP contribution in [0.5, 0.6) is 5.75 Å². The number of para-hydroxylation sites is 1. The van der Waals surface area contributed by atoms with Crippen molar-refractivity contribution in [2.24, 2.45) is 0 Å². The fourth-order valence-electron chi connectivity index (χ4n) is 2.56. The molecule has 1 aromatic carbocycles. The molecule has 0 saturated carbocycles. The normalized spacial score (nSPS) is 13.1. The van der Waals surface area contributed by atoms with Gasteiger partial charge in [0.25, 0.3) is 11.8 Å². The summed E-state index contributed by atoms with van der Waals surface area (Å²) >= 11 is 0. The van der Waals surface area contributed by atoms with Crippen molar-refractivity contribution in [1.82, 2.24) is 15.2 Å². The third kappa shape index (κ3) is 5.78. The van der Waals surface area contributed by atoms with Crippen molar-refractivity contribution in [3.05, 3.63) is 47.7 Å². The predicted octanol–water partition coefficient (Wildman–Crippen LogP) is 0.479. The Balaban J connectivity index is 1.91. The minimum absolute atomic E-state index is 0.0945. The van der Waals surface area contributed by atoms with Crippen molar-refractivity contribution in [2.75, 3.05) is 14.2 Å². The second-order valence-electron chi connectivity index (χ2n) is 6.87. The quantitative estimate of drug-likeness (QED) is 0.554. The number of hydrogen-bond donors (Lipinski definition) is 3. The first-order chi connectivity index (χ1) is 13.7. The highest BCUT2D eigenvalue weighted by atomic mass is 16.5. The molecule has 0 saturated heterocycles. The molecular formula is C20H27N3O6. The first-order valence-corrected chi connectivity index (χ1v) is 9.20.